The summed E-state index contributed by atoms with van der Waals surface area (Å²) in [6, 6.07) is 7.21. The van der Waals surface area contributed by atoms with Crippen LogP contribution in [0.2, 0.25) is 0 Å². The molecular formula is C17H25N3O4S. The molecule has 0 radical (unpaired) electrons. The van der Waals surface area contributed by atoms with Crippen LogP contribution in [0.3, 0.4) is 0 Å². The van der Waals surface area contributed by atoms with Gasteiger partial charge in [0.25, 0.3) is 0 Å². The molecule has 2 rings (SSSR count). The maximum atomic E-state index is 12.6. The van der Waals surface area contributed by atoms with E-state index in [9.17, 15) is 18.0 Å². The van der Waals surface area contributed by atoms with Crippen molar-refractivity contribution in [2.24, 2.45) is 0 Å². The SMILES string of the molecule is CCc1ccccc1N(CC(=O)N1CCN(C(C)=O)CC1)S(C)(=O)=O. The molecule has 1 aliphatic heterocycles. The minimum atomic E-state index is -3.59. The Morgan fingerprint density at radius 1 is 1.08 bits per heavy atom. The molecule has 0 unspecified atom stereocenters. The molecule has 7 nitrogen and oxygen atoms in total. The van der Waals surface area contributed by atoms with Crippen LogP contribution in [0.15, 0.2) is 24.3 Å². The van der Waals surface area contributed by atoms with Crippen LogP contribution in [0.1, 0.15) is 19.4 Å². The second-order valence-electron chi connectivity index (χ2n) is 6.14. The van der Waals surface area contributed by atoms with Gasteiger partial charge >= 0.3 is 0 Å². The minimum absolute atomic E-state index is 0.0123. The van der Waals surface area contributed by atoms with E-state index in [0.717, 1.165) is 11.8 Å². The van der Waals surface area contributed by atoms with Gasteiger partial charge in [-0.15, -0.1) is 0 Å². The second kappa shape index (κ2) is 7.86. The summed E-state index contributed by atoms with van der Waals surface area (Å²) in [5.74, 6) is -0.263. The quantitative estimate of drug-likeness (QED) is 0.768. The van der Waals surface area contributed by atoms with Gasteiger partial charge in [0.1, 0.15) is 6.54 Å². The monoisotopic (exact) mass is 367 g/mol. The Hall–Kier alpha value is -2.09. The van der Waals surface area contributed by atoms with Gasteiger partial charge in [-0.2, -0.15) is 0 Å². The molecule has 1 aromatic rings. The average Bonchev–Trinajstić information content (AvgIpc) is 2.58. The number of hydrogen-bond donors (Lipinski definition) is 0. The molecule has 1 fully saturated rings. The van der Waals surface area contributed by atoms with Gasteiger partial charge in [-0.25, -0.2) is 8.42 Å². The van der Waals surface area contributed by atoms with Gasteiger partial charge in [0.2, 0.25) is 21.8 Å². The van der Waals surface area contributed by atoms with E-state index in [-0.39, 0.29) is 18.4 Å². The van der Waals surface area contributed by atoms with Crippen molar-refractivity contribution in [2.75, 3.05) is 43.3 Å². The van der Waals surface area contributed by atoms with E-state index in [1.807, 2.05) is 19.1 Å². The number of para-hydroxylation sites is 1. The molecule has 8 heteroatoms. The number of nitrogens with zero attached hydrogens (tertiary/aromatic N) is 3. The Morgan fingerprint density at radius 3 is 2.16 bits per heavy atom. The number of piperazine rings is 1. The van der Waals surface area contributed by atoms with Crippen molar-refractivity contribution in [1.29, 1.82) is 0 Å². The Kier molecular flexibility index (Phi) is 6.05. The number of rotatable bonds is 5. The highest BCUT2D eigenvalue weighted by Gasteiger charge is 2.27. The van der Waals surface area contributed by atoms with E-state index in [2.05, 4.69) is 0 Å². The molecule has 0 N–H and O–H groups in total. The Balaban J connectivity index is 2.16. The van der Waals surface area contributed by atoms with Gasteiger partial charge in [0.05, 0.1) is 11.9 Å². The zero-order chi connectivity index (χ0) is 18.6. The summed E-state index contributed by atoms with van der Waals surface area (Å²) in [6.45, 7) is 5.02. The van der Waals surface area contributed by atoms with Gasteiger partial charge < -0.3 is 9.80 Å². The first kappa shape index (κ1) is 19.2. The van der Waals surface area contributed by atoms with E-state index in [0.29, 0.717) is 38.3 Å². The van der Waals surface area contributed by atoms with E-state index >= 15 is 0 Å². The number of amides is 2. The molecule has 1 heterocycles. The van der Waals surface area contributed by atoms with Crippen LogP contribution in [0.4, 0.5) is 5.69 Å². The fraction of sp³-hybridized carbons (Fsp3) is 0.529. The van der Waals surface area contributed by atoms with Crippen LogP contribution >= 0.6 is 0 Å². The summed E-state index contributed by atoms with van der Waals surface area (Å²) >= 11 is 0. The van der Waals surface area contributed by atoms with Crippen molar-refractivity contribution < 1.29 is 18.0 Å². The van der Waals surface area contributed by atoms with Crippen LogP contribution in [0.5, 0.6) is 0 Å². The fourth-order valence-electron chi connectivity index (χ4n) is 2.93. The standard InChI is InChI=1S/C17H25N3O4S/c1-4-15-7-5-6-8-16(15)20(25(3,23)24)13-17(22)19-11-9-18(10-12-19)14(2)21/h5-8H,4,9-13H2,1-3H3. The van der Waals surface area contributed by atoms with Crippen molar-refractivity contribution in [3.63, 3.8) is 0 Å². The van der Waals surface area contributed by atoms with Crippen LogP contribution in [0, 0.1) is 0 Å². The number of sulfonamides is 1. The van der Waals surface area contributed by atoms with E-state index in [1.165, 1.54) is 11.2 Å². The summed E-state index contributed by atoms with van der Waals surface area (Å²) in [7, 11) is -3.59. The molecule has 0 aromatic heterocycles. The minimum Gasteiger partial charge on any atom is -0.339 e. The van der Waals surface area contributed by atoms with Crippen LogP contribution in [0.25, 0.3) is 0 Å². The third-order valence-electron chi connectivity index (χ3n) is 4.40. The summed E-state index contributed by atoms with van der Waals surface area (Å²) in [5.41, 5.74) is 1.42. The molecule has 25 heavy (non-hydrogen) atoms. The Bertz CT molecular complexity index is 740. The summed E-state index contributed by atoms with van der Waals surface area (Å²) in [4.78, 5) is 27.3. The number of aryl methyl sites for hydroxylation is 1. The van der Waals surface area contributed by atoms with Crippen LogP contribution in [-0.4, -0.2) is 69.0 Å². The largest absolute Gasteiger partial charge is 0.339 e. The van der Waals surface area contributed by atoms with Crippen molar-refractivity contribution in [3.8, 4) is 0 Å². The highest BCUT2D eigenvalue weighted by molar-refractivity contribution is 7.92. The molecule has 0 saturated carbocycles. The maximum Gasteiger partial charge on any atom is 0.243 e. The molecule has 1 aliphatic rings. The number of hydrogen-bond acceptors (Lipinski definition) is 4. The van der Waals surface area contributed by atoms with Gasteiger partial charge in [0.15, 0.2) is 0 Å². The van der Waals surface area contributed by atoms with E-state index in [4.69, 9.17) is 0 Å². The van der Waals surface area contributed by atoms with Crippen molar-refractivity contribution in [2.45, 2.75) is 20.3 Å². The van der Waals surface area contributed by atoms with Crippen molar-refractivity contribution in [1.82, 2.24) is 9.80 Å². The van der Waals surface area contributed by atoms with Crippen molar-refractivity contribution in [3.05, 3.63) is 29.8 Å². The Labute approximate surface area is 149 Å². The van der Waals surface area contributed by atoms with Gasteiger partial charge in [-0.1, -0.05) is 25.1 Å². The highest BCUT2D eigenvalue weighted by atomic mass is 32.2. The zero-order valence-corrected chi connectivity index (χ0v) is 15.8. The van der Waals surface area contributed by atoms with Gasteiger partial charge in [0, 0.05) is 33.1 Å². The number of anilines is 1. The lowest BCUT2D eigenvalue weighted by atomic mass is 10.1. The molecule has 0 aliphatic carbocycles. The molecular weight excluding hydrogens is 342 g/mol. The van der Waals surface area contributed by atoms with E-state index in [1.54, 1.807) is 21.9 Å². The van der Waals surface area contributed by atoms with Crippen molar-refractivity contribution >= 4 is 27.5 Å². The number of carbonyl (C=O) groups excluding carboxylic acids is 2. The molecule has 1 saturated heterocycles. The first-order valence-corrected chi connectivity index (χ1v) is 10.2. The lowest BCUT2D eigenvalue weighted by Crippen LogP contribution is -2.52. The van der Waals surface area contributed by atoms with Crippen LogP contribution < -0.4 is 4.31 Å². The average molecular weight is 367 g/mol. The molecule has 0 atom stereocenters. The smallest absolute Gasteiger partial charge is 0.243 e. The predicted molar refractivity (Wildman–Crippen MR) is 96.8 cm³/mol. The Morgan fingerprint density at radius 2 is 1.64 bits per heavy atom. The predicted octanol–water partition coefficient (Wildman–Crippen LogP) is 0.706. The summed E-state index contributed by atoms with van der Waals surface area (Å²) in [6.07, 6.45) is 1.79. The second-order valence-corrected chi connectivity index (χ2v) is 8.05. The fourth-order valence-corrected chi connectivity index (χ4v) is 3.81. The molecule has 0 bridgehead atoms. The first-order chi connectivity index (χ1) is 11.7. The number of benzene rings is 1. The molecule has 2 amide bonds. The molecule has 1 aromatic carbocycles. The normalized spacial score (nSPS) is 15.2. The maximum absolute atomic E-state index is 12.6. The van der Waals surface area contributed by atoms with Gasteiger partial charge in [-0.05, 0) is 18.1 Å². The zero-order valence-electron chi connectivity index (χ0n) is 14.9. The highest BCUT2D eigenvalue weighted by Crippen LogP contribution is 2.23. The molecule has 0 spiro atoms. The van der Waals surface area contributed by atoms with E-state index < -0.39 is 10.0 Å². The third-order valence-corrected chi connectivity index (χ3v) is 5.52. The first-order valence-electron chi connectivity index (χ1n) is 8.33. The van der Waals surface area contributed by atoms with Crippen LogP contribution in [-0.2, 0) is 26.0 Å². The van der Waals surface area contributed by atoms with Gasteiger partial charge in [-0.3, -0.25) is 13.9 Å². The summed E-state index contributed by atoms with van der Waals surface area (Å²) in [5, 5.41) is 0. The number of carbonyl (C=O) groups is 2. The lowest BCUT2D eigenvalue weighted by molar-refractivity contribution is -0.137. The lowest BCUT2D eigenvalue weighted by Gasteiger charge is -2.35. The summed E-state index contributed by atoms with van der Waals surface area (Å²) < 4.78 is 25.7. The third kappa shape index (κ3) is 4.72. The topological polar surface area (TPSA) is 78.0 Å². The molecule has 138 valence electrons.